The fourth-order valence-corrected chi connectivity index (χ4v) is 3.65. The molecule has 1 aliphatic heterocycles. The quantitative estimate of drug-likeness (QED) is 0.810. The molecule has 2 rings (SSSR count). The van der Waals surface area contributed by atoms with E-state index in [4.69, 9.17) is 0 Å². The topological polar surface area (TPSA) is 83.5 Å². The average Bonchev–Trinajstić information content (AvgIpc) is 2.68. The Bertz CT molecular complexity index is 526. The number of hydrogen-bond acceptors (Lipinski definition) is 4. The molecule has 2 atom stereocenters. The molecule has 0 aromatic heterocycles. The minimum absolute atomic E-state index is 0.0414. The second-order valence-corrected chi connectivity index (χ2v) is 6.65. The van der Waals surface area contributed by atoms with Crippen LogP contribution in [0.1, 0.15) is 18.1 Å². The Balaban J connectivity index is 1.97. The zero-order valence-corrected chi connectivity index (χ0v) is 10.6. The van der Waals surface area contributed by atoms with Crippen LogP contribution in [0.15, 0.2) is 30.3 Å². The van der Waals surface area contributed by atoms with E-state index in [0.717, 1.165) is 0 Å². The molecule has 0 bridgehead atoms. The van der Waals surface area contributed by atoms with Crippen LogP contribution >= 0.6 is 0 Å². The van der Waals surface area contributed by atoms with E-state index in [1.54, 1.807) is 30.3 Å². The average molecular weight is 269 g/mol. The van der Waals surface area contributed by atoms with Gasteiger partial charge in [0.1, 0.15) is 0 Å². The third kappa shape index (κ3) is 3.08. The van der Waals surface area contributed by atoms with Crippen molar-refractivity contribution in [2.45, 2.75) is 18.6 Å². The number of rotatable bonds is 3. The largest absolute Gasteiger partial charge is 0.378 e. The Morgan fingerprint density at radius 3 is 2.56 bits per heavy atom. The molecule has 6 heteroatoms. The summed E-state index contributed by atoms with van der Waals surface area (Å²) in [6, 6.07) is 8.15. The van der Waals surface area contributed by atoms with E-state index in [1.165, 1.54) is 0 Å². The molecular weight excluding hydrogens is 254 g/mol. The highest BCUT2D eigenvalue weighted by Crippen LogP contribution is 2.15. The molecule has 0 aliphatic carbocycles. The number of carbonyl (C=O) groups excluding carboxylic acids is 1. The van der Waals surface area contributed by atoms with E-state index in [2.05, 4.69) is 5.32 Å². The van der Waals surface area contributed by atoms with Crippen molar-refractivity contribution in [3.8, 4) is 0 Å². The van der Waals surface area contributed by atoms with Crippen molar-refractivity contribution in [1.82, 2.24) is 5.32 Å². The summed E-state index contributed by atoms with van der Waals surface area (Å²) in [6.45, 7) is 0. The van der Waals surface area contributed by atoms with Gasteiger partial charge in [0.05, 0.1) is 11.5 Å². The first-order valence-electron chi connectivity index (χ1n) is 5.72. The van der Waals surface area contributed by atoms with Gasteiger partial charge in [0.25, 0.3) is 5.91 Å². The van der Waals surface area contributed by atoms with Crippen molar-refractivity contribution in [1.29, 1.82) is 0 Å². The lowest BCUT2D eigenvalue weighted by Gasteiger charge is -2.15. The summed E-state index contributed by atoms with van der Waals surface area (Å²) >= 11 is 0. The van der Waals surface area contributed by atoms with Crippen molar-refractivity contribution in [3.05, 3.63) is 35.9 Å². The van der Waals surface area contributed by atoms with Crippen LogP contribution in [0.5, 0.6) is 0 Å². The molecule has 2 unspecified atom stereocenters. The van der Waals surface area contributed by atoms with Gasteiger partial charge in [0.2, 0.25) is 0 Å². The van der Waals surface area contributed by atoms with Crippen LogP contribution < -0.4 is 5.32 Å². The van der Waals surface area contributed by atoms with Gasteiger partial charge < -0.3 is 10.4 Å². The van der Waals surface area contributed by atoms with Gasteiger partial charge in [-0.05, 0) is 12.0 Å². The summed E-state index contributed by atoms with van der Waals surface area (Å²) in [5.74, 6) is -0.497. The maximum Gasteiger partial charge on any atom is 0.253 e. The van der Waals surface area contributed by atoms with Crippen molar-refractivity contribution in [2.75, 3.05) is 11.5 Å². The van der Waals surface area contributed by atoms with E-state index in [9.17, 15) is 18.3 Å². The zero-order chi connectivity index (χ0) is 13.2. The molecule has 1 aromatic rings. The Labute approximate surface area is 106 Å². The number of hydrogen-bond donors (Lipinski definition) is 2. The molecule has 0 radical (unpaired) electrons. The van der Waals surface area contributed by atoms with Crippen LogP contribution in [0.2, 0.25) is 0 Å². The summed E-state index contributed by atoms with van der Waals surface area (Å²) < 4.78 is 22.5. The first-order valence-corrected chi connectivity index (χ1v) is 7.54. The third-order valence-corrected chi connectivity index (χ3v) is 4.71. The minimum atomic E-state index is -3.03. The number of aliphatic hydroxyl groups is 1. The summed E-state index contributed by atoms with van der Waals surface area (Å²) in [5.41, 5.74) is 0.496. The fourth-order valence-electron chi connectivity index (χ4n) is 1.98. The Morgan fingerprint density at radius 1 is 1.33 bits per heavy atom. The highest BCUT2D eigenvalue weighted by atomic mass is 32.2. The maximum absolute atomic E-state index is 11.8. The van der Waals surface area contributed by atoms with E-state index in [-0.39, 0.29) is 17.5 Å². The van der Waals surface area contributed by atoms with Crippen LogP contribution in [-0.4, -0.2) is 37.0 Å². The van der Waals surface area contributed by atoms with E-state index < -0.39 is 21.8 Å². The predicted molar refractivity (Wildman–Crippen MR) is 66.6 cm³/mol. The van der Waals surface area contributed by atoms with Crippen LogP contribution in [0.4, 0.5) is 0 Å². The maximum atomic E-state index is 11.8. The summed E-state index contributed by atoms with van der Waals surface area (Å²) in [5, 5.41) is 12.4. The minimum Gasteiger partial charge on any atom is -0.378 e. The molecule has 1 fully saturated rings. The Kier molecular flexibility index (Phi) is 3.68. The van der Waals surface area contributed by atoms with E-state index in [1.807, 2.05) is 0 Å². The number of sulfone groups is 1. The molecule has 0 spiro atoms. The monoisotopic (exact) mass is 269 g/mol. The van der Waals surface area contributed by atoms with E-state index in [0.29, 0.717) is 12.0 Å². The van der Waals surface area contributed by atoms with Crippen molar-refractivity contribution >= 4 is 15.7 Å². The Morgan fingerprint density at radius 2 is 2.00 bits per heavy atom. The first kappa shape index (κ1) is 13.0. The third-order valence-electron chi connectivity index (χ3n) is 2.94. The highest BCUT2D eigenvalue weighted by Gasteiger charge is 2.30. The lowest BCUT2D eigenvalue weighted by atomic mass is 10.1. The van der Waals surface area contributed by atoms with Crippen molar-refractivity contribution in [3.63, 3.8) is 0 Å². The van der Waals surface area contributed by atoms with Gasteiger partial charge in [-0.25, -0.2) is 8.42 Å². The fraction of sp³-hybridized carbons (Fsp3) is 0.417. The molecule has 1 aromatic carbocycles. The predicted octanol–water partition coefficient (Wildman–Crippen LogP) is 0.0233. The normalized spacial score (nSPS) is 23.5. The van der Waals surface area contributed by atoms with Crippen LogP contribution in [0.3, 0.4) is 0 Å². The Hall–Kier alpha value is -1.40. The van der Waals surface area contributed by atoms with Crippen LogP contribution in [-0.2, 0) is 14.6 Å². The summed E-state index contributed by atoms with van der Waals surface area (Å²) in [7, 11) is -3.03. The highest BCUT2D eigenvalue weighted by molar-refractivity contribution is 7.91. The number of carbonyl (C=O) groups is 1. The molecule has 1 saturated heterocycles. The summed E-state index contributed by atoms with van der Waals surface area (Å²) in [6.07, 6.45) is -0.843. The molecule has 1 amide bonds. The lowest BCUT2D eigenvalue weighted by Crippen LogP contribution is -2.38. The SMILES string of the molecule is O=C(NC1CCS(=O)(=O)C1)C(O)c1ccccc1. The number of amides is 1. The van der Waals surface area contributed by atoms with Gasteiger partial charge in [-0.1, -0.05) is 30.3 Å². The van der Waals surface area contributed by atoms with Crippen molar-refractivity contribution in [2.24, 2.45) is 0 Å². The van der Waals surface area contributed by atoms with Crippen molar-refractivity contribution < 1.29 is 18.3 Å². The second-order valence-electron chi connectivity index (χ2n) is 4.42. The van der Waals surface area contributed by atoms with Gasteiger partial charge in [-0.2, -0.15) is 0 Å². The molecule has 0 saturated carbocycles. The standard InChI is InChI=1S/C12H15NO4S/c14-11(9-4-2-1-3-5-9)12(15)13-10-6-7-18(16,17)8-10/h1-5,10-11,14H,6-8H2,(H,13,15). The zero-order valence-electron chi connectivity index (χ0n) is 9.74. The van der Waals surface area contributed by atoms with Gasteiger partial charge in [-0.3, -0.25) is 4.79 Å². The first-order chi connectivity index (χ1) is 8.48. The molecule has 1 aliphatic rings. The molecule has 98 valence electrons. The molecule has 1 heterocycles. The van der Waals surface area contributed by atoms with Gasteiger partial charge in [-0.15, -0.1) is 0 Å². The second kappa shape index (κ2) is 5.07. The van der Waals surface area contributed by atoms with Gasteiger partial charge >= 0.3 is 0 Å². The van der Waals surface area contributed by atoms with Gasteiger partial charge in [0, 0.05) is 6.04 Å². The number of nitrogens with one attached hydrogen (secondary N) is 1. The summed E-state index contributed by atoms with van der Waals surface area (Å²) in [4.78, 5) is 11.8. The van der Waals surface area contributed by atoms with Crippen LogP contribution in [0.25, 0.3) is 0 Å². The molecule has 18 heavy (non-hydrogen) atoms. The van der Waals surface area contributed by atoms with Crippen LogP contribution in [0, 0.1) is 0 Å². The molecular formula is C12H15NO4S. The lowest BCUT2D eigenvalue weighted by molar-refractivity contribution is -0.130. The molecule has 2 N–H and O–H groups in total. The smallest absolute Gasteiger partial charge is 0.253 e. The number of benzene rings is 1. The molecule has 5 nitrogen and oxygen atoms in total. The van der Waals surface area contributed by atoms with E-state index >= 15 is 0 Å². The number of aliphatic hydroxyl groups excluding tert-OH is 1. The van der Waals surface area contributed by atoms with Gasteiger partial charge in [0.15, 0.2) is 15.9 Å².